The van der Waals surface area contributed by atoms with E-state index in [0.29, 0.717) is 16.5 Å². The highest BCUT2D eigenvalue weighted by Crippen LogP contribution is 2.22. The molecule has 0 saturated carbocycles. The fraction of sp³-hybridized carbons (Fsp3) is 0.333. The van der Waals surface area contributed by atoms with Crippen LogP contribution in [0.4, 0.5) is 0 Å². The minimum absolute atomic E-state index is 0.0309. The molecule has 0 saturated heterocycles. The lowest BCUT2D eigenvalue weighted by Crippen LogP contribution is -2.55. The molecule has 1 atom stereocenters. The van der Waals surface area contributed by atoms with E-state index in [1.165, 1.54) is 0 Å². The zero-order valence-corrected chi connectivity index (χ0v) is 13.7. The molecule has 1 rings (SSSR count). The molecule has 0 aromatic heterocycles. The van der Waals surface area contributed by atoms with Crippen LogP contribution in [0.3, 0.4) is 0 Å². The van der Waals surface area contributed by atoms with Gasteiger partial charge in [0.2, 0.25) is 0 Å². The van der Waals surface area contributed by atoms with E-state index in [2.05, 4.69) is 42.3 Å². The molecule has 4 N–H and O–H groups in total. The van der Waals surface area contributed by atoms with Crippen molar-refractivity contribution in [1.29, 1.82) is 0 Å². The lowest BCUT2D eigenvalue weighted by Gasteiger charge is -2.28. The highest BCUT2D eigenvalue weighted by molar-refractivity contribution is 9.11. The molecule has 104 valence electrons. The Bertz CT molecular complexity index is 520. The molecule has 5 nitrogen and oxygen atoms in total. The summed E-state index contributed by atoms with van der Waals surface area (Å²) in [5.41, 5.74) is 5.21. The minimum Gasteiger partial charge on any atom is -0.409 e. The lowest BCUT2D eigenvalue weighted by molar-refractivity contribution is 0.0924. The first kappa shape index (κ1) is 16.0. The summed E-state index contributed by atoms with van der Waals surface area (Å²) in [5, 5.41) is 14.5. The van der Waals surface area contributed by atoms with Crippen LogP contribution >= 0.6 is 31.9 Å². The van der Waals surface area contributed by atoms with Crippen molar-refractivity contribution in [2.45, 2.75) is 25.8 Å². The molecule has 0 fully saturated rings. The van der Waals surface area contributed by atoms with E-state index in [9.17, 15) is 4.79 Å². The molecule has 19 heavy (non-hydrogen) atoms. The van der Waals surface area contributed by atoms with Gasteiger partial charge in [-0.3, -0.25) is 4.79 Å². The predicted octanol–water partition coefficient (Wildman–Crippen LogP) is 2.86. The van der Waals surface area contributed by atoms with Crippen molar-refractivity contribution < 1.29 is 10.0 Å². The number of rotatable bonds is 4. The first-order chi connectivity index (χ1) is 8.84. The third kappa shape index (κ3) is 3.70. The molecule has 1 unspecified atom stereocenters. The lowest BCUT2D eigenvalue weighted by atomic mass is 9.97. The van der Waals surface area contributed by atoms with Crippen molar-refractivity contribution in [2.75, 3.05) is 0 Å². The topological polar surface area (TPSA) is 87.7 Å². The van der Waals surface area contributed by atoms with Gasteiger partial charge in [0.05, 0.1) is 11.1 Å². The smallest absolute Gasteiger partial charge is 0.253 e. The van der Waals surface area contributed by atoms with Crippen LogP contribution in [0.5, 0.6) is 0 Å². The summed E-state index contributed by atoms with van der Waals surface area (Å²) in [4.78, 5) is 12.2. The fourth-order valence-electron chi connectivity index (χ4n) is 1.44. The van der Waals surface area contributed by atoms with Crippen molar-refractivity contribution in [1.82, 2.24) is 5.32 Å². The van der Waals surface area contributed by atoms with Gasteiger partial charge < -0.3 is 16.3 Å². The standard InChI is InChI=1S/C12H15Br2N3O2/c1-3-12(2,11(15)17-19)16-10(18)8-5-4-7(13)6-9(8)14/h4-6,19H,3H2,1-2H3,(H2,15,17)(H,16,18). The van der Waals surface area contributed by atoms with Gasteiger partial charge in [0.1, 0.15) is 0 Å². The van der Waals surface area contributed by atoms with Crippen molar-refractivity contribution in [3.8, 4) is 0 Å². The molecular formula is C12H15Br2N3O2. The average Bonchev–Trinajstić information content (AvgIpc) is 2.37. The van der Waals surface area contributed by atoms with Gasteiger partial charge in [-0.25, -0.2) is 0 Å². The van der Waals surface area contributed by atoms with Crippen molar-refractivity contribution in [2.24, 2.45) is 10.9 Å². The Morgan fingerprint density at radius 2 is 2.16 bits per heavy atom. The van der Waals surface area contributed by atoms with Gasteiger partial charge in [-0.2, -0.15) is 0 Å². The minimum atomic E-state index is -0.891. The van der Waals surface area contributed by atoms with Crippen LogP contribution in [-0.2, 0) is 0 Å². The van der Waals surface area contributed by atoms with Gasteiger partial charge >= 0.3 is 0 Å². The highest BCUT2D eigenvalue weighted by Gasteiger charge is 2.30. The summed E-state index contributed by atoms with van der Waals surface area (Å²) in [6.45, 7) is 3.54. The summed E-state index contributed by atoms with van der Waals surface area (Å²) in [6, 6.07) is 5.24. The second kappa shape index (κ2) is 6.38. The maximum atomic E-state index is 12.2. The van der Waals surface area contributed by atoms with Crippen LogP contribution in [0.2, 0.25) is 0 Å². The van der Waals surface area contributed by atoms with Crippen LogP contribution in [0.1, 0.15) is 30.6 Å². The Balaban J connectivity index is 3.02. The summed E-state index contributed by atoms with van der Waals surface area (Å²) in [6.07, 6.45) is 0.503. The summed E-state index contributed by atoms with van der Waals surface area (Å²) < 4.78 is 1.53. The van der Waals surface area contributed by atoms with E-state index in [1.807, 2.05) is 6.92 Å². The Kier molecular flexibility index (Phi) is 5.37. The Morgan fingerprint density at radius 1 is 1.53 bits per heavy atom. The number of halogens is 2. The van der Waals surface area contributed by atoms with Crippen molar-refractivity contribution in [3.05, 3.63) is 32.7 Å². The molecular weight excluding hydrogens is 378 g/mol. The monoisotopic (exact) mass is 391 g/mol. The highest BCUT2D eigenvalue weighted by atomic mass is 79.9. The van der Waals surface area contributed by atoms with Crippen molar-refractivity contribution in [3.63, 3.8) is 0 Å². The zero-order valence-electron chi connectivity index (χ0n) is 10.6. The number of benzene rings is 1. The number of hydrogen-bond acceptors (Lipinski definition) is 3. The van der Waals surface area contributed by atoms with Gasteiger partial charge in [-0.15, -0.1) is 0 Å². The number of nitrogens with two attached hydrogens (primary N) is 1. The quantitative estimate of drug-likeness (QED) is 0.318. The Hall–Kier alpha value is -1.08. The number of amides is 1. The molecule has 0 bridgehead atoms. The Labute approximate surface area is 128 Å². The molecule has 1 aromatic carbocycles. The number of nitrogens with zero attached hydrogens (tertiary/aromatic N) is 1. The summed E-state index contributed by atoms with van der Waals surface area (Å²) >= 11 is 6.65. The number of oxime groups is 1. The van der Waals surface area contributed by atoms with Crippen molar-refractivity contribution >= 4 is 43.6 Å². The first-order valence-corrected chi connectivity index (χ1v) is 7.18. The molecule has 7 heteroatoms. The number of hydrogen-bond donors (Lipinski definition) is 3. The summed E-state index contributed by atoms with van der Waals surface area (Å²) in [7, 11) is 0. The van der Waals surface area contributed by atoms with Gasteiger partial charge in [0.25, 0.3) is 5.91 Å². The predicted molar refractivity (Wildman–Crippen MR) is 81.4 cm³/mol. The van der Waals surface area contributed by atoms with Crippen LogP contribution < -0.4 is 11.1 Å². The number of carbonyl (C=O) groups excluding carboxylic acids is 1. The average molecular weight is 393 g/mol. The molecule has 1 amide bonds. The molecule has 0 heterocycles. The van der Waals surface area contributed by atoms with Gasteiger partial charge in [-0.05, 0) is 47.5 Å². The maximum absolute atomic E-state index is 12.2. The van der Waals surface area contributed by atoms with Crippen LogP contribution in [0.25, 0.3) is 0 Å². The van der Waals surface area contributed by atoms with Gasteiger partial charge in [0, 0.05) is 8.95 Å². The van der Waals surface area contributed by atoms with E-state index in [1.54, 1.807) is 25.1 Å². The van der Waals surface area contributed by atoms with Crippen LogP contribution in [0.15, 0.2) is 32.3 Å². The molecule has 0 aliphatic rings. The number of amidine groups is 1. The maximum Gasteiger partial charge on any atom is 0.253 e. The van der Waals surface area contributed by atoms with E-state index < -0.39 is 5.54 Å². The fourth-order valence-corrected chi connectivity index (χ4v) is 2.66. The van der Waals surface area contributed by atoms with Crippen LogP contribution in [0, 0.1) is 0 Å². The van der Waals surface area contributed by atoms with Gasteiger partial charge in [0.15, 0.2) is 5.84 Å². The molecule has 0 aliphatic heterocycles. The Morgan fingerprint density at radius 3 is 2.63 bits per heavy atom. The molecule has 0 aliphatic carbocycles. The second-order valence-corrected chi connectivity index (χ2v) is 6.02. The number of nitrogens with one attached hydrogen (secondary N) is 1. The normalized spacial score (nSPS) is 14.8. The van der Waals surface area contributed by atoms with E-state index >= 15 is 0 Å². The molecule has 0 spiro atoms. The number of carbonyl (C=O) groups is 1. The molecule has 0 radical (unpaired) electrons. The third-order valence-corrected chi connectivity index (χ3v) is 4.09. The van der Waals surface area contributed by atoms with Gasteiger partial charge in [-0.1, -0.05) is 28.0 Å². The first-order valence-electron chi connectivity index (χ1n) is 5.59. The SMILES string of the molecule is CCC(C)(NC(=O)c1ccc(Br)cc1Br)/C(N)=N/O. The summed E-state index contributed by atoms with van der Waals surface area (Å²) in [5.74, 6) is -0.327. The van der Waals surface area contributed by atoms with E-state index in [4.69, 9.17) is 10.9 Å². The zero-order chi connectivity index (χ0) is 14.6. The second-order valence-electron chi connectivity index (χ2n) is 4.25. The third-order valence-electron chi connectivity index (χ3n) is 2.95. The largest absolute Gasteiger partial charge is 0.409 e. The molecule has 1 aromatic rings. The van der Waals surface area contributed by atoms with E-state index in [-0.39, 0.29) is 11.7 Å². The van der Waals surface area contributed by atoms with E-state index in [0.717, 1.165) is 4.47 Å². The van der Waals surface area contributed by atoms with Crippen LogP contribution in [-0.4, -0.2) is 22.5 Å².